The van der Waals surface area contributed by atoms with Crippen LogP contribution in [0.1, 0.15) is 50.4 Å². The largest absolute Gasteiger partial charge is 0.496 e. The molecule has 1 heterocycles. The molecule has 1 fully saturated rings. The molecule has 0 bridgehead atoms. The van der Waals surface area contributed by atoms with Crippen molar-refractivity contribution in [3.05, 3.63) is 28.8 Å². The van der Waals surface area contributed by atoms with Crippen molar-refractivity contribution < 1.29 is 19.1 Å². The zero-order chi connectivity index (χ0) is 20.9. The van der Waals surface area contributed by atoms with Gasteiger partial charge in [-0.3, -0.25) is 14.4 Å². The number of piperidine rings is 1. The zero-order valence-corrected chi connectivity index (χ0v) is 17.8. The normalized spacial score (nSPS) is 17.2. The lowest BCUT2D eigenvalue weighted by Crippen LogP contribution is -2.46. The Morgan fingerprint density at radius 1 is 1.29 bits per heavy atom. The molecule has 1 aromatic carbocycles. The van der Waals surface area contributed by atoms with Crippen molar-refractivity contribution >= 4 is 29.2 Å². The fourth-order valence-electron chi connectivity index (χ4n) is 3.38. The molecular formula is C21H29ClN2O4. The Labute approximate surface area is 171 Å². The van der Waals surface area contributed by atoms with Crippen LogP contribution in [0.15, 0.2) is 18.2 Å². The van der Waals surface area contributed by atoms with Gasteiger partial charge in [0.2, 0.25) is 5.91 Å². The number of hydrogen-bond donors (Lipinski definition) is 1. The lowest BCUT2D eigenvalue weighted by molar-refractivity contribution is -0.129. The minimum Gasteiger partial charge on any atom is -0.496 e. The third-order valence-corrected chi connectivity index (χ3v) is 4.89. The van der Waals surface area contributed by atoms with Crippen LogP contribution >= 0.6 is 11.6 Å². The summed E-state index contributed by atoms with van der Waals surface area (Å²) in [5.41, 5.74) is 0.280. The van der Waals surface area contributed by atoms with E-state index in [4.69, 9.17) is 16.3 Å². The van der Waals surface area contributed by atoms with Crippen molar-refractivity contribution in [2.24, 2.45) is 11.3 Å². The zero-order valence-electron chi connectivity index (χ0n) is 17.0. The van der Waals surface area contributed by atoms with E-state index < -0.39 is 0 Å². The minimum atomic E-state index is -0.328. The van der Waals surface area contributed by atoms with Gasteiger partial charge in [-0.05, 0) is 36.5 Å². The van der Waals surface area contributed by atoms with Crippen LogP contribution in [0, 0.1) is 11.3 Å². The van der Waals surface area contributed by atoms with E-state index >= 15 is 0 Å². The first-order valence-electron chi connectivity index (χ1n) is 9.53. The molecule has 1 saturated heterocycles. The molecule has 7 heteroatoms. The second-order valence-corrected chi connectivity index (χ2v) is 8.87. The van der Waals surface area contributed by atoms with Crippen molar-refractivity contribution in [1.82, 2.24) is 10.2 Å². The van der Waals surface area contributed by atoms with Crippen molar-refractivity contribution in [2.75, 3.05) is 26.7 Å². The van der Waals surface area contributed by atoms with Crippen molar-refractivity contribution in [2.45, 2.75) is 40.0 Å². The van der Waals surface area contributed by atoms with Crippen LogP contribution in [-0.2, 0) is 9.59 Å². The number of methoxy groups -OCH3 is 1. The summed E-state index contributed by atoms with van der Waals surface area (Å²) in [6.45, 7) is 6.88. The molecule has 0 saturated carbocycles. The maximum atomic E-state index is 12.9. The van der Waals surface area contributed by atoms with Gasteiger partial charge >= 0.3 is 0 Å². The maximum absolute atomic E-state index is 12.9. The second kappa shape index (κ2) is 9.41. The third-order valence-electron chi connectivity index (χ3n) is 4.66. The number of amides is 2. The Hall–Kier alpha value is -2.08. The second-order valence-electron chi connectivity index (χ2n) is 8.43. The predicted octanol–water partition coefficient (Wildman–Crippen LogP) is 3.32. The summed E-state index contributed by atoms with van der Waals surface area (Å²) in [4.78, 5) is 39.1. The van der Waals surface area contributed by atoms with Gasteiger partial charge in [0.1, 0.15) is 5.75 Å². The van der Waals surface area contributed by atoms with Gasteiger partial charge in [-0.25, -0.2) is 0 Å². The molecule has 0 unspecified atom stereocenters. The Balaban J connectivity index is 1.98. The first kappa shape index (κ1) is 22.2. The number of nitrogens with zero attached hydrogens (tertiary/aromatic N) is 1. The molecule has 154 valence electrons. The number of likely N-dealkylation sites (tertiary alicyclic amines) is 1. The topological polar surface area (TPSA) is 75.7 Å². The van der Waals surface area contributed by atoms with Gasteiger partial charge < -0.3 is 15.0 Å². The van der Waals surface area contributed by atoms with Gasteiger partial charge in [-0.2, -0.15) is 0 Å². The van der Waals surface area contributed by atoms with E-state index in [0.29, 0.717) is 42.3 Å². The number of halogens is 1. The molecule has 0 spiro atoms. The number of carbonyl (C=O) groups is 3. The van der Waals surface area contributed by atoms with Crippen molar-refractivity contribution in [3.8, 4) is 5.75 Å². The summed E-state index contributed by atoms with van der Waals surface area (Å²) in [6, 6.07) is 4.90. The van der Waals surface area contributed by atoms with E-state index in [-0.39, 0.29) is 35.5 Å². The molecule has 2 rings (SSSR count). The van der Waals surface area contributed by atoms with E-state index in [2.05, 4.69) is 5.32 Å². The Bertz CT molecular complexity index is 742. The summed E-state index contributed by atoms with van der Waals surface area (Å²) in [5, 5.41) is 3.19. The summed E-state index contributed by atoms with van der Waals surface area (Å²) in [7, 11) is 1.50. The predicted molar refractivity (Wildman–Crippen MR) is 109 cm³/mol. The maximum Gasteiger partial charge on any atom is 0.257 e. The molecule has 1 aliphatic rings. The Morgan fingerprint density at radius 3 is 2.64 bits per heavy atom. The molecule has 6 nitrogen and oxygen atoms in total. The SMILES string of the molecule is COc1ccc(Cl)cc1C(=O)N1CCC[C@H](C(=O)NCC(=O)CC(C)(C)C)C1. The quantitative estimate of drug-likeness (QED) is 0.783. The fourth-order valence-corrected chi connectivity index (χ4v) is 3.55. The van der Waals surface area contributed by atoms with Crippen LogP contribution in [0.25, 0.3) is 0 Å². The van der Waals surface area contributed by atoms with E-state index in [9.17, 15) is 14.4 Å². The van der Waals surface area contributed by atoms with Gasteiger partial charge in [-0.1, -0.05) is 32.4 Å². The monoisotopic (exact) mass is 408 g/mol. The molecule has 1 atom stereocenters. The van der Waals surface area contributed by atoms with Crippen LogP contribution in [0.3, 0.4) is 0 Å². The highest BCUT2D eigenvalue weighted by atomic mass is 35.5. The van der Waals surface area contributed by atoms with Crippen molar-refractivity contribution in [3.63, 3.8) is 0 Å². The lowest BCUT2D eigenvalue weighted by atomic mass is 9.90. The average Bonchev–Trinajstić information content (AvgIpc) is 2.64. The Kier molecular flexibility index (Phi) is 7.47. The van der Waals surface area contributed by atoms with Gasteiger partial charge in [-0.15, -0.1) is 0 Å². The molecule has 1 aliphatic heterocycles. The summed E-state index contributed by atoms with van der Waals surface area (Å²) in [5.74, 6) is -0.259. The van der Waals surface area contributed by atoms with Crippen LogP contribution < -0.4 is 10.1 Å². The van der Waals surface area contributed by atoms with Crippen LogP contribution in [0.2, 0.25) is 5.02 Å². The van der Waals surface area contributed by atoms with Crippen LogP contribution in [-0.4, -0.2) is 49.2 Å². The van der Waals surface area contributed by atoms with Crippen LogP contribution in [0.4, 0.5) is 0 Å². The van der Waals surface area contributed by atoms with Gasteiger partial charge in [0.15, 0.2) is 5.78 Å². The summed E-state index contributed by atoms with van der Waals surface area (Å²) in [6.07, 6.45) is 1.83. The summed E-state index contributed by atoms with van der Waals surface area (Å²) < 4.78 is 5.27. The van der Waals surface area contributed by atoms with E-state index in [1.165, 1.54) is 7.11 Å². The first-order valence-corrected chi connectivity index (χ1v) is 9.91. The molecular weight excluding hydrogens is 380 g/mol. The highest BCUT2D eigenvalue weighted by Crippen LogP contribution is 2.26. The molecule has 1 N–H and O–H groups in total. The first-order chi connectivity index (χ1) is 13.1. The number of benzene rings is 1. The van der Waals surface area contributed by atoms with Gasteiger partial charge in [0.25, 0.3) is 5.91 Å². The van der Waals surface area contributed by atoms with Gasteiger partial charge in [0.05, 0.1) is 25.1 Å². The van der Waals surface area contributed by atoms with E-state index in [1.807, 2.05) is 20.8 Å². The lowest BCUT2D eigenvalue weighted by Gasteiger charge is -2.32. The fraction of sp³-hybridized carbons (Fsp3) is 0.571. The van der Waals surface area contributed by atoms with Gasteiger partial charge in [0, 0.05) is 24.5 Å². The Morgan fingerprint density at radius 2 is 2.00 bits per heavy atom. The number of ketones is 1. The molecule has 28 heavy (non-hydrogen) atoms. The number of ether oxygens (including phenoxy) is 1. The molecule has 1 aromatic rings. The summed E-state index contributed by atoms with van der Waals surface area (Å²) >= 11 is 6.03. The van der Waals surface area contributed by atoms with Crippen LogP contribution in [0.5, 0.6) is 5.75 Å². The minimum absolute atomic E-state index is 0.00764. The smallest absolute Gasteiger partial charge is 0.257 e. The number of nitrogens with one attached hydrogen (secondary N) is 1. The van der Waals surface area contributed by atoms with E-state index in [1.54, 1.807) is 23.1 Å². The molecule has 2 amide bonds. The highest BCUT2D eigenvalue weighted by molar-refractivity contribution is 6.31. The molecule has 0 aromatic heterocycles. The number of Topliss-reactive ketones (excluding diaryl/α,β-unsaturated/α-hetero) is 1. The number of rotatable bonds is 6. The molecule has 0 radical (unpaired) electrons. The third kappa shape index (κ3) is 6.23. The number of hydrogen-bond acceptors (Lipinski definition) is 4. The highest BCUT2D eigenvalue weighted by Gasteiger charge is 2.30. The van der Waals surface area contributed by atoms with E-state index in [0.717, 1.165) is 6.42 Å². The standard InChI is InChI=1S/C21H29ClN2O4/c1-21(2,3)11-16(25)12-23-19(26)14-6-5-9-24(13-14)20(27)17-10-15(22)7-8-18(17)28-4/h7-8,10,14H,5-6,9,11-13H2,1-4H3,(H,23,26)/t14-/m0/s1. The van der Waals surface area contributed by atoms with Crippen molar-refractivity contribution in [1.29, 1.82) is 0 Å². The molecule has 0 aliphatic carbocycles. The average molecular weight is 409 g/mol. The number of carbonyl (C=O) groups excluding carboxylic acids is 3.